The number of carbonyl (C=O) groups excluding carboxylic acids is 1. The molecule has 1 aromatic heterocycles. The number of amides is 1. The van der Waals surface area contributed by atoms with Crippen LogP contribution in [0.5, 0.6) is 0 Å². The average molecular weight is 312 g/mol. The van der Waals surface area contributed by atoms with Gasteiger partial charge in [-0.05, 0) is 35.7 Å². The summed E-state index contributed by atoms with van der Waals surface area (Å²) in [7, 11) is 0. The molecular weight excluding hydrogens is 295 g/mol. The van der Waals surface area contributed by atoms with E-state index in [1.165, 1.54) is 6.07 Å². The van der Waals surface area contributed by atoms with Crippen LogP contribution in [0.15, 0.2) is 46.9 Å². The molecule has 0 atom stereocenters. The van der Waals surface area contributed by atoms with Gasteiger partial charge in [-0.15, -0.1) is 0 Å². The lowest BCUT2D eigenvalue weighted by molar-refractivity contribution is -0.121. The first-order valence-electron chi connectivity index (χ1n) is 7.48. The molecule has 1 heterocycles. The van der Waals surface area contributed by atoms with E-state index < -0.39 is 0 Å². The van der Waals surface area contributed by atoms with Gasteiger partial charge in [0.25, 0.3) is 0 Å². The summed E-state index contributed by atoms with van der Waals surface area (Å²) < 4.78 is 19.0. The third-order valence-corrected chi connectivity index (χ3v) is 3.63. The lowest BCUT2D eigenvalue weighted by Crippen LogP contribution is -2.23. The molecule has 0 aliphatic heterocycles. The molecule has 5 heteroatoms. The van der Waals surface area contributed by atoms with Gasteiger partial charge in [0.15, 0.2) is 11.5 Å². The van der Waals surface area contributed by atoms with E-state index in [-0.39, 0.29) is 18.1 Å². The fourth-order valence-electron chi connectivity index (χ4n) is 2.43. The number of rotatable bonds is 5. The van der Waals surface area contributed by atoms with Gasteiger partial charge in [0.2, 0.25) is 5.91 Å². The number of oxazole rings is 1. The maximum atomic E-state index is 13.5. The Balaban J connectivity index is 1.54. The number of halogens is 1. The zero-order chi connectivity index (χ0) is 16.2. The second-order valence-corrected chi connectivity index (χ2v) is 5.40. The lowest BCUT2D eigenvalue weighted by atomic mass is 10.1. The number of nitrogens with one attached hydrogen (secondary N) is 1. The molecular formula is C18H17FN2O2. The Hall–Kier alpha value is -2.69. The summed E-state index contributed by atoms with van der Waals surface area (Å²) in [5, 5.41) is 2.84. The van der Waals surface area contributed by atoms with Crippen molar-refractivity contribution in [2.24, 2.45) is 0 Å². The monoisotopic (exact) mass is 312 g/mol. The molecule has 1 amide bonds. The summed E-state index contributed by atoms with van der Waals surface area (Å²) in [6.45, 7) is 2.20. The van der Waals surface area contributed by atoms with Gasteiger partial charge in [-0.25, -0.2) is 9.37 Å². The topological polar surface area (TPSA) is 55.1 Å². The molecule has 3 aromatic rings. The van der Waals surface area contributed by atoms with Crippen molar-refractivity contribution in [1.82, 2.24) is 10.3 Å². The molecule has 4 nitrogen and oxygen atoms in total. The highest BCUT2D eigenvalue weighted by atomic mass is 19.1. The van der Waals surface area contributed by atoms with Gasteiger partial charge >= 0.3 is 0 Å². The van der Waals surface area contributed by atoms with Gasteiger partial charge < -0.3 is 9.73 Å². The van der Waals surface area contributed by atoms with Crippen LogP contribution >= 0.6 is 0 Å². The Bertz CT molecular complexity index is 842. The third kappa shape index (κ3) is 3.74. The molecule has 0 fully saturated rings. The maximum Gasteiger partial charge on any atom is 0.220 e. The fraction of sp³-hybridized carbons (Fsp3) is 0.222. The van der Waals surface area contributed by atoms with Gasteiger partial charge in [-0.2, -0.15) is 0 Å². The van der Waals surface area contributed by atoms with Gasteiger partial charge in [0.1, 0.15) is 11.3 Å². The van der Waals surface area contributed by atoms with Crippen molar-refractivity contribution >= 4 is 17.0 Å². The van der Waals surface area contributed by atoms with Crippen LogP contribution in [0.25, 0.3) is 11.1 Å². The minimum absolute atomic E-state index is 0.109. The van der Waals surface area contributed by atoms with Crippen molar-refractivity contribution < 1.29 is 13.6 Å². The van der Waals surface area contributed by atoms with Crippen molar-refractivity contribution in [2.75, 3.05) is 0 Å². The molecule has 0 saturated carbocycles. The largest absolute Gasteiger partial charge is 0.441 e. The highest BCUT2D eigenvalue weighted by molar-refractivity contribution is 5.77. The minimum atomic E-state index is -0.272. The predicted octanol–water partition coefficient (Wildman–Crippen LogP) is 3.52. The van der Waals surface area contributed by atoms with Gasteiger partial charge in [0, 0.05) is 19.9 Å². The number of nitrogens with zero attached hydrogens (tertiary/aromatic N) is 1. The third-order valence-electron chi connectivity index (χ3n) is 3.63. The molecule has 0 unspecified atom stereocenters. The SMILES string of the molecule is Cc1nc2ccc(CNC(=O)CCc3ccccc3F)cc2o1. The summed E-state index contributed by atoms with van der Waals surface area (Å²) in [5.41, 5.74) is 3.01. The highest BCUT2D eigenvalue weighted by Gasteiger charge is 2.07. The zero-order valence-corrected chi connectivity index (χ0v) is 12.8. The first-order valence-corrected chi connectivity index (χ1v) is 7.48. The normalized spacial score (nSPS) is 10.9. The van der Waals surface area contributed by atoms with Crippen LogP contribution in [-0.4, -0.2) is 10.9 Å². The van der Waals surface area contributed by atoms with Gasteiger partial charge in [-0.1, -0.05) is 24.3 Å². The van der Waals surface area contributed by atoms with E-state index in [1.54, 1.807) is 25.1 Å². The van der Waals surface area contributed by atoms with E-state index in [4.69, 9.17) is 4.42 Å². The molecule has 0 radical (unpaired) electrons. The summed E-state index contributed by atoms with van der Waals surface area (Å²) in [6, 6.07) is 12.1. The molecule has 118 valence electrons. The highest BCUT2D eigenvalue weighted by Crippen LogP contribution is 2.16. The molecule has 2 aromatic carbocycles. The van der Waals surface area contributed by atoms with E-state index >= 15 is 0 Å². The van der Waals surface area contributed by atoms with Crippen molar-refractivity contribution in [2.45, 2.75) is 26.3 Å². The Morgan fingerprint density at radius 2 is 2.09 bits per heavy atom. The summed E-state index contributed by atoms with van der Waals surface area (Å²) in [6.07, 6.45) is 0.642. The molecule has 0 aliphatic rings. The Morgan fingerprint density at radius 3 is 2.91 bits per heavy atom. The van der Waals surface area contributed by atoms with Crippen LogP contribution in [0, 0.1) is 12.7 Å². The smallest absolute Gasteiger partial charge is 0.220 e. The number of carbonyl (C=O) groups is 1. The quantitative estimate of drug-likeness (QED) is 0.784. The van der Waals surface area contributed by atoms with Crippen LogP contribution < -0.4 is 5.32 Å². The van der Waals surface area contributed by atoms with E-state index in [2.05, 4.69) is 10.3 Å². The second-order valence-electron chi connectivity index (χ2n) is 5.40. The predicted molar refractivity (Wildman–Crippen MR) is 85.3 cm³/mol. The molecule has 0 saturated heterocycles. The number of aryl methyl sites for hydroxylation is 2. The van der Waals surface area contributed by atoms with Crippen molar-refractivity contribution in [3.63, 3.8) is 0 Å². The van der Waals surface area contributed by atoms with Crippen molar-refractivity contribution in [3.8, 4) is 0 Å². The van der Waals surface area contributed by atoms with Gasteiger partial charge in [0.05, 0.1) is 0 Å². The fourth-order valence-corrected chi connectivity index (χ4v) is 2.43. The molecule has 0 bridgehead atoms. The number of benzene rings is 2. The first-order chi connectivity index (χ1) is 11.1. The van der Waals surface area contributed by atoms with E-state index in [1.807, 2.05) is 18.2 Å². The number of hydrogen-bond acceptors (Lipinski definition) is 3. The lowest BCUT2D eigenvalue weighted by Gasteiger charge is -2.06. The second kappa shape index (κ2) is 6.60. The van der Waals surface area contributed by atoms with Crippen LogP contribution in [0.4, 0.5) is 4.39 Å². The number of fused-ring (bicyclic) bond motifs is 1. The van der Waals surface area contributed by atoms with Crippen LogP contribution in [0.2, 0.25) is 0 Å². The Morgan fingerprint density at radius 1 is 1.26 bits per heavy atom. The molecule has 1 N–H and O–H groups in total. The first kappa shape index (κ1) is 15.2. The van der Waals surface area contributed by atoms with E-state index in [0.29, 0.717) is 30.0 Å². The van der Waals surface area contributed by atoms with Crippen LogP contribution in [0.3, 0.4) is 0 Å². The Labute approximate surface area is 133 Å². The number of aromatic nitrogens is 1. The van der Waals surface area contributed by atoms with Crippen molar-refractivity contribution in [3.05, 3.63) is 65.3 Å². The minimum Gasteiger partial charge on any atom is -0.441 e. The summed E-state index contributed by atoms with van der Waals surface area (Å²) >= 11 is 0. The van der Waals surface area contributed by atoms with Crippen molar-refractivity contribution in [1.29, 1.82) is 0 Å². The standard InChI is InChI=1S/C18H17FN2O2/c1-12-21-16-8-6-13(10-17(16)23-12)11-20-18(22)9-7-14-4-2-3-5-15(14)19/h2-6,8,10H,7,9,11H2,1H3,(H,20,22). The molecule has 23 heavy (non-hydrogen) atoms. The molecule has 3 rings (SSSR count). The van der Waals surface area contributed by atoms with E-state index in [9.17, 15) is 9.18 Å². The summed E-state index contributed by atoms with van der Waals surface area (Å²) in [5.74, 6) is 0.236. The zero-order valence-electron chi connectivity index (χ0n) is 12.8. The van der Waals surface area contributed by atoms with Gasteiger partial charge in [-0.3, -0.25) is 4.79 Å². The molecule has 0 spiro atoms. The average Bonchev–Trinajstić information content (AvgIpc) is 2.91. The Kier molecular flexibility index (Phi) is 4.37. The summed E-state index contributed by atoms with van der Waals surface area (Å²) in [4.78, 5) is 16.1. The molecule has 0 aliphatic carbocycles. The number of hydrogen-bond donors (Lipinski definition) is 1. The van der Waals surface area contributed by atoms with E-state index in [0.717, 1.165) is 11.1 Å². The van der Waals surface area contributed by atoms with Crippen LogP contribution in [0.1, 0.15) is 23.4 Å². The maximum absolute atomic E-state index is 13.5. The van der Waals surface area contributed by atoms with Crippen LogP contribution in [-0.2, 0) is 17.8 Å².